The molecule has 1 rings (SSSR count). The van der Waals surface area contributed by atoms with Crippen LogP contribution >= 0.6 is 0 Å². The first-order valence-corrected chi connectivity index (χ1v) is 7.30. The first kappa shape index (κ1) is 16.5. The molecular weight excluding hydrogens is 252 g/mol. The van der Waals surface area contributed by atoms with Gasteiger partial charge in [-0.15, -0.1) is 0 Å². The minimum Gasteiger partial charge on any atom is -0.388 e. The van der Waals surface area contributed by atoms with Gasteiger partial charge in [0.25, 0.3) is 0 Å². The normalized spacial score (nSPS) is 12.1. The van der Waals surface area contributed by atoms with Crippen molar-refractivity contribution in [2.45, 2.75) is 33.3 Å². The summed E-state index contributed by atoms with van der Waals surface area (Å²) in [7, 11) is 1.89. The van der Waals surface area contributed by atoms with E-state index in [-0.39, 0.29) is 5.91 Å². The van der Waals surface area contributed by atoms with Crippen molar-refractivity contribution < 1.29 is 9.90 Å². The number of benzene rings is 1. The van der Waals surface area contributed by atoms with E-state index in [4.69, 9.17) is 0 Å². The van der Waals surface area contributed by atoms with Crippen LogP contribution in [-0.2, 0) is 4.79 Å². The standard InChI is InChI=1S/C16H26N2O2/c1-5-15(19)13-10-8-9-11-14(13)17(4)12-16(20)18(6-2)7-3/h8-11,15,19H,5-7,12H2,1-4H3/t15-/m0/s1. The van der Waals surface area contributed by atoms with E-state index in [2.05, 4.69) is 0 Å². The first-order chi connectivity index (χ1) is 9.54. The van der Waals surface area contributed by atoms with Gasteiger partial charge in [0.15, 0.2) is 0 Å². The van der Waals surface area contributed by atoms with Gasteiger partial charge >= 0.3 is 0 Å². The molecule has 0 fully saturated rings. The zero-order valence-corrected chi connectivity index (χ0v) is 13.0. The number of rotatable bonds is 7. The third-order valence-corrected chi connectivity index (χ3v) is 3.58. The van der Waals surface area contributed by atoms with Crippen LogP contribution in [0.4, 0.5) is 5.69 Å². The minimum absolute atomic E-state index is 0.110. The molecule has 0 spiro atoms. The highest BCUT2D eigenvalue weighted by atomic mass is 16.3. The molecule has 4 heteroatoms. The summed E-state index contributed by atoms with van der Waals surface area (Å²) in [5, 5.41) is 10.1. The predicted molar refractivity (Wildman–Crippen MR) is 82.9 cm³/mol. The van der Waals surface area contributed by atoms with E-state index < -0.39 is 6.10 Å². The molecule has 1 aromatic rings. The maximum absolute atomic E-state index is 12.2. The molecule has 112 valence electrons. The number of anilines is 1. The third-order valence-electron chi connectivity index (χ3n) is 3.58. The predicted octanol–water partition coefficient (Wildman–Crippen LogP) is 2.43. The van der Waals surface area contributed by atoms with Gasteiger partial charge in [0.2, 0.25) is 5.91 Å². The molecule has 1 atom stereocenters. The lowest BCUT2D eigenvalue weighted by atomic mass is 10.0. The maximum atomic E-state index is 12.2. The van der Waals surface area contributed by atoms with E-state index in [0.717, 1.165) is 24.3 Å². The van der Waals surface area contributed by atoms with Crippen LogP contribution in [0.1, 0.15) is 38.9 Å². The smallest absolute Gasteiger partial charge is 0.242 e. The lowest BCUT2D eigenvalue weighted by molar-refractivity contribution is -0.129. The highest BCUT2D eigenvalue weighted by Gasteiger charge is 2.17. The van der Waals surface area contributed by atoms with Crippen LogP contribution in [0, 0.1) is 0 Å². The number of hydrogen-bond donors (Lipinski definition) is 1. The van der Waals surface area contributed by atoms with Gasteiger partial charge in [-0.1, -0.05) is 25.1 Å². The number of hydrogen-bond acceptors (Lipinski definition) is 3. The average Bonchev–Trinajstić information content (AvgIpc) is 2.47. The SMILES string of the molecule is CC[C@H](O)c1ccccc1N(C)CC(=O)N(CC)CC. The highest BCUT2D eigenvalue weighted by molar-refractivity contribution is 5.81. The van der Waals surface area contributed by atoms with Gasteiger partial charge in [-0.3, -0.25) is 4.79 Å². The van der Waals surface area contributed by atoms with Crippen LogP contribution in [0.5, 0.6) is 0 Å². The summed E-state index contributed by atoms with van der Waals surface area (Å²) < 4.78 is 0. The van der Waals surface area contributed by atoms with Crippen molar-refractivity contribution in [2.75, 3.05) is 31.6 Å². The fraction of sp³-hybridized carbons (Fsp3) is 0.562. The summed E-state index contributed by atoms with van der Waals surface area (Å²) in [5.41, 5.74) is 1.80. The molecule has 0 aliphatic heterocycles. The lowest BCUT2D eigenvalue weighted by Crippen LogP contribution is -2.39. The second-order valence-electron chi connectivity index (χ2n) is 4.90. The molecule has 0 unspecified atom stereocenters. The van der Waals surface area contributed by atoms with Crippen molar-refractivity contribution in [3.05, 3.63) is 29.8 Å². The minimum atomic E-state index is -0.489. The number of para-hydroxylation sites is 1. The van der Waals surface area contributed by atoms with Gasteiger partial charge in [0.1, 0.15) is 0 Å². The molecular formula is C16H26N2O2. The highest BCUT2D eigenvalue weighted by Crippen LogP contribution is 2.27. The Kier molecular flexibility index (Phi) is 6.52. The van der Waals surface area contributed by atoms with E-state index in [1.54, 1.807) is 0 Å². The number of likely N-dealkylation sites (N-methyl/N-ethyl adjacent to an activating group) is 2. The van der Waals surface area contributed by atoms with Crippen LogP contribution < -0.4 is 4.90 Å². The number of carbonyl (C=O) groups is 1. The van der Waals surface area contributed by atoms with Crippen LogP contribution in [0.2, 0.25) is 0 Å². The van der Waals surface area contributed by atoms with E-state index in [1.165, 1.54) is 0 Å². The van der Waals surface area contributed by atoms with Gasteiger partial charge in [-0.25, -0.2) is 0 Å². The fourth-order valence-corrected chi connectivity index (χ4v) is 2.30. The summed E-state index contributed by atoms with van der Waals surface area (Å²) >= 11 is 0. The van der Waals surface area contributed by atoms with Gasteiger partial charge < -0.3 is 14.9 Å². The molecule has 0 saturated heterocycles. The van der Waals surface area contributed by atoms with E-state index in [0.29, 0.717) is 13.0 Å². The number of aliphatic hydroxyl groups is 1. The largest absolute Gasteiger partial charge is 0.388 e. The third kappa shape index (κ3) is 3.97. The maximum Gasteiger partial charge on any atom is 0.242 e. The summed E-state index contributed by atoms with van der Waals surface area (Å²) in [6.07, 6.45) is 0.173. The van der Waals surface area contributed by atoms with Gasteiger partial charge in [0.05, 0.1) is 12.6 Å². The Bertz CT molecular complexity index is 430. The van der Waals surface area contributed by atoms with Crippen LogP contribution in [-0.4, -0.2) is 42.6 Å². The first-order valence-electron chi connectivity index (χ1n) is 7.30. The van der Waals surface area contributed by atoms with Crippen molar-refractivity contribution in [3.8, 4) is 0 Å². The molecule has 0 aromatic heterocycles. The Morgan fingerprint density at radius 2 is 1.80 bits per heavy atom. The van der Waals surface area contributed by atoms with E-state index in [1.807, 2.05) is 61.9 Å². The zero-order valence-electron chi connectivity index (χ0n) is 13.0. The fourth-order valence-electron chi connectivity index (χ4n) is 2.30. The summed E-state index contributed by atoms with van der Waals surface area (Å²) in [4.78, 5) is 15.9. The van der Waals surface area contributed by atoms with Gasteiger partial charge in [-0.05, 0) is 26.3 Å². The monoisotopic (exact) mass is 278 g/mol. The molecule has 4 nitrogen and oxygen atoms in total. The average molecular weight is 278 g/mol. The van der Waals surface area contributed by atoms with E-state index >= 15 is 0 Å². The topological polar surface area (TPSA) is 43.8 Å². The molecule has 1 aromatic carbocycles. The van der Waals surface area contributed by atoms with Crippen molar-refractivity contribution in [1.82, 2.24) is 4.90 Å². The van der Waals surface area contributed by atoms with Gasteiger partial charge in [-0.2, -0.15) is 0 Å². The Morgan fingerprint density at radius 3 is 2.35 bits per heavy atom. The Labute approximate surface area is 122 Å². The molecule has 0 saturated carbocycles. The van der Waals surface area contributed by atoms with Crippen LogP contribution in [0.15, 0.2) is 24.3 Å². The number of amides is 1. The number of carbonyl (C=O) groups excluding carboxylic acids is 1. The Morgan fingerprint density at radius 1 is 1.20 bits per heavy atom. The van der Waals surface area contributed by atoms with Crippen molar-refractivity contribution >= 4 is 11.6 Å². The molecule has 0 bridgehead atoms. The Balaban J connectivity index is 2.87. The lowest BCUT2D eigenvalue weighted by Gasteiger charge is -2.27. The summed E-state index contributed by atoms with van der Waals surface area (Å²) in [6, 6.07) is 7.71. The van der Waals surface area contributed by atoms with Crippen molar-refractivity contribution in [2.24, 2.45) is 0 Å². The van der Waals surface area contributed by atoms with Crippen molar-refractivity contribution in [3.63, 3.8) is 0 Å². The molecule has 0 heterocycles. The molecule has 20 heavy (non-hydrogen) atoms. The quantitative estimate of drug-likeness (QED) is 0.833. The van der Waals surface area contributed by atoms with Crippen molar-refractivity contribution in [1.29, 1.82) is 0 Å². The van der Waals surface area contributed by atoms with Gasteiger partial charge in [0, 0.05) is 31.4 Å². The summed E-state index contributed by atoms with van der Waals surface area (Å²) in [5.74, 6) is 0.110. The second-order valence-corrected chi connectivity index (χ2v) is 4.90. The van der Waals surface area contributed by atoms with Crippen LogP contribution in [0.3, 0.4) is 0 Å². The molecule has 0 aliphatic carbocycles. The number of nitrogens with zero attached hydrogens (tertiary/aromatic N) is 2. The molecule has 0 radical (unpaired) electrons. The zero-order chi connectivity index (χ0) is 15.1. The molecule has 1 amide bonds. The molecule has 1 N–H and O–H groups in total. The molecule has 0 aliphatic rings. The van der Waals surface area contributed by atoms with E-state index in [9.17, 15) is 9.90 Å². The number of aliphatic hydroxyl groups excluding tert-OH is 1. The summed E-state index contributed by atoms with van der Waals surface area (Å²) in [6.45, 7) is 7.69. The Hall–Kier alpha value is -1.55. The second kappa shape index (κ2) is 7.90. The van der Waals surface area contributed by atoms with Crippen LogP contribution in [0.25, 0.3) is 0 Å².